The van der Waals surface area contributed by atoms with Crippen molar-refractivity contribution in [3.8, 4) is 0 Å². The van der Waals surface area contributed by atoms with E-state index in [1.54, 1.807) is 0 Å². The van der Waals surface area contributed by atoms with E-state index in [2.05, 4.69) is 5.32 Å². The van der Waals surface area contributed by atoms with Crippen molar-refractivity contribution in [2.75, 3.05) is 13.2 Å². The normalized spacial score (nSPS) is 21.1. The van der Waals surface area contributed by atoms with Gasteiger partial charge in [-0.25, -0.2) is 0 Å². The molecule has 1 saturated carbocycles. The van der Waals surface area contributed by atoms with Crippen molar-refractivity contribution >= 4 is 0 Å². The summed E-state index contributed by atoms with van der Waals surface area (Å²) >= 11 is 0. The topological polar surface area (TPSA) is 41.5 Å². The van der Waals surface area contributed by atoms with Crippen LogP contribution in [0.25, 0.3) is 0 Å². The van der Waals surface area contributed by atoms with E-state index in [-0.39, 0.29) is 24.3 Å². The zero-order chi connectivity index (χ0) is 28.1. The maximum atomic E-state index is 13.4. The fourth-order valence-electron chi connectivity index (χ4n) is 5.22. The zero-order valence-corrected chi connectivity index (χ0v) is 21.2. The lowest BCUT2D eigenvalue weighted by Gasteiger charge is -2.41. The lowest BCUT2D eigenvalue weighted by molar-refractivity contribution is -0.143. The van der Waals surface area contributed by atoms with Gasteiger partial charge in [-0.05, 0) is 60.6 Å². The first-order chi connectivity index (χ1) is 18.5. The maximum absolute atomic E-state index is 13.4. The molecule has 9 heteroatoms. The van der Waals surface area contributed by atoms with Crippen LogP contribution in [0.1, 0.15) is 59.6 Å². The molecule has 0 saturated heterocycles. The third kappa shape index (κ3) is 7.41. The molecule has 0 aliphatic heterocycles. The van der Waals surface area contributed by atoms with Gasteiger partial charge < -0.3 is 15.2 Å². The molecule has 0 spiro atoms. The van der Waals surface area contributed by atoms with E-state index in [0.29, 0.717) is 25.0 Å². The minimum Gasteiger partial charge on any atom is -0.393 e. The number of hydrogen-bond acceptors (Lipinski definition) is 3. The molecule has 4 rings (SSSR count). The molecule has 0 aromatic heterocycles. The summed E-state index contributed by atoms with van der Waals surface area (Å²) in [7, 11) is 0. The molecule has 3 nitrogen and oxygen atoms in total. The van der Waals surface area contributed by atoms with Gasteiger partial charge in [-0.3, -0.25) is 0 Å². The van der Waals surface area contributed by atoms with Crippen LogP contribution in [0, 0.1) is 0 Å². The van der Waals surface area contributed by atoms with Crippen LogP contribution in [0.4, 0.5) is 26.3 Å². The summed E-state index contributed by atoms with van der Waals surface area (Å²) in [5.41, 5.74) is -1.56. The second kappa shape index (κ2) is 12.1. The number of benzene rings is 3. The van der Waals surface area contributed by atoms with E-state index < -0.39 is 41.6 Å². The van der Waals surface area contributed by atoms with Crippen molar-refractivity contribution in [3.05, 3.63) is 107 Å². The van der Waals surface area contributed by atoms with Gasteiger partial charge in [0.2, 0.25) is 0 Å². The number of alkyl halides is 6. The Kier molecular flexibility index (Phi) is 9.03. The first-order valence-corrected chi connectivity index (χ1v) is 12.8. The smallest absolute Gasteiger partial charge is 0.393 e. The maximum Gasteiger partial charge on any atom is 0.416 e. The van der Waals surface area contributed by atoms with E-state index in [0.717, 1.165) is 24.9 Å². The van der Waals surface area contributed by atoms with Gasteiger partial charge >= 0.3 is 12.4 Å². The highest BCUT2D eigenvalue weighted by Gasteiger charge is 2.40. The Morgan fingerprint density at radius 2 is 1.36 bits per heavy atom. The van der Waals surface area contributed by atoms with E-state index in [1.807, 2.05) is 60.7 Å². The van der Waals surface area contributed by atoms with E-state index in [1.165, 1.54) is 5.56 Å². The van der Waals surface area contributed by atoms with Crippen LogP contribution in [0.15, 0.2) is 78.9 Å². The first-order valence-electron chi connectivity index (χ1n) is 12.8. The molecule has 210 valence electrons. The van der Waals surface area contributed by atoms with Crippen molar-refractivity contribution < 1.29 is 36.2 Å². The van der Waals surface area contributed by atoms with Gasteiger partial charge in [-0.15, -0.1) is 0 Å². The molecule has 0 bridgehead atoms. The summed E-state index contributed by atoms with van der Waals surface area (Å²) in [6.45, 7) is 0.0139. The largest absolute Gasteiger partial charge is 0.416 e. The van der Waals surface area contributed by atoms with Crippen LogP contribution < -0.4 is 5.32 Å². The monoisotopic (exact) mass is 551 g/mol. The summed E-state index contributed by atoms with van der Waals surface area (Å²) in [6.07, 6.45) is -8.26. The standard InChI is InChI=1S/C30H31F6NO2/c31-29(32,33)24-15-22(16-25(17-24)30(34,35)36)27(19-38)39-20-28(23-9-5-2-6-10-23)13-11-26(12-14-28)37-18-21-7-3-1-4-8-21/h1-10,15-17,26-27,37-38H,11-14,18-20H2/t26?,27-,28?/m1/s1. The molecule has 2 N–H and O–H groups in total. The third-order valence-electron chi connectivity index (χ3n) is 7.47. The second-order valence-electron chi connectivity index (χ2n) is 10.1. The minimum absolute atomic E-state index is 0.0469. The Morgan fingerprint density at radius 3 is 1.87 bits per heavy atom. The fraction of sp³-hybridized carbons (Fsp3) is 0.400. The van der Waals surface area contributed by atoms with E-state index in [9.17, 15) is 31.4 Å². The third-order valence-corrected chi connectivity index (χ3v) is 7.47. The Hall–Kier alpha value is -2.88. The Labute approximate surface area is 223 Å². The van der Waals surface area contributed by atoms with Crippen LogP contribution in [0.5, 0.6) is 0 Å². The number of hydrogen-bond donors (Lipinski definition) is 2. The quantitative estimate of drug-likeness (QED) is 0.272. The van der Waals surface area contributed by atoms with E-state index in [4.69, 9.17) is 4.74 Å². The number of aliphatic hydroxyl groups excluding tert-OH is 1. The van der Waals surface area contributed by atoms with Crippen LogP contribution in [0.3, 0.4) is 0 Å². The molecule has 1 aliphatic rings. The molecule has 0 radical (unpaired) electrons. The highest BCUT2D eigenvalue weighted by atomic mass is 19.4. The lowest BCUT2D eigenvalue weighted by atomic mass is 9.68. The van der Waals surface area contributed by atoms with Gasteiger partial charge in [0.1, 0.15) is 6.10 Å². The summed E-state index contributed by atoms with van der Waals surface area (Å²) in [5.74, 6) is 0. The Morgan fingerprint density at radius 1 is 0.821 bits per heavy atom. The molecule has 0 heterocycles. The summed E-state index contributed by atoms with van der Waals surface area (Å²) in [5, 5.41) is 13.5. The molecule has 39 heavy (non-hydrogen) atoms. The average Bonchev–Trinajstić information content (AvgIpc) is 2.93. The Bertz CT molecular complexity index is 1160. The van der Waals surface area contributed by atoms with Crippen LogP contribution in [-0.4, -0.2) is 24.4 Å². The first kappa shape index (κ1) is 29.1. The lowest BCUT2D eigenvalue weighted by Crippen LogP contribution is -2.42. The molecule has 0 amide bonds. The van der Waals surface area contributed by atoms with Gasteiger partial charge in [0, 0.05) is 18.0 Å². The predicted octanol–water partition coefficient (Wildman–Crippen LogP) is 7.44. The van der Waals surface area contributed by atoms with Crippen molar-refractivity contribution in [1.82, 2.24) is 5.32 Å². The molecule has 1 aliphatic carbocycles. The molecular weight excluding hydrogens is 520 g/mol. The van der Waals surface area contributed by atoms with Crippen LogP contribution in [-0.2, 0) is 29.0 Å². The predicted molar refractivity (Wildman–Crippen MR) is 136 cm³/mol. The van der Waals surface area contributed by atoms with Gasteiger partial charge in [-0.1, -0.05) is 60.7 Å². The van der Waals surface area contributed by atoms with Gasteiger partial charge in [-0.2, -0.15) is 26.3 Å². The zero-order valence-electron chi connectivity index (χ0n) is 21.2. The van der Waals surface area contributed by atoms with Gasteiger partial charge in [0.15, 0.2) is 0 Å². The number of halogens is 6. The number of aliphatic hydroxyl groups is 1. The molecule has 1 fully saturated rings. The SMILES string of the molecule is OC[C@@H](OCC1(c2ccccc2)CCC(NCc2ccccc2)CC1)c1cc(C(F)(F)F)cc(C(F)(F)F)c1. The van der Waals surface area contributed by atoms with E-state index >= 15 is 0 Å². The second-order valence-corrected chi connectivity index (χ2v) is 10.1. The summed E-state index contributed by atoms with van der Waals surface area (Å²) in [4.78, 5) is 0. The molecule has 3 aromatic carbocycles. The number of rotatable bonds is 9. The Balaban J connectivity index is 1.52. The van der Waals surface area contributed by atoms with Crippen molar-refractivity contribution in [1.29, 1.82) is 0 Å². The molecular formula is C30H31F6NO2. The molecule has 1 atom stereocenters. The highest BCUT2D eigenvalue weighted by Crippen LogP contribution is 2.42. The number of ether oxygens (including phenoxy) is 1. The summed E-state index contributed by atoms with van der Waals surface area (Å²) < 4.78 is 86.3. The van der Waals surface area contributed by atoms with Crippen LogP contribution in [0.2, 0.25) is 0 Å². The minimum atomic E-state index is -4.98. The van der Waals surface area contributed by atoms with Crippen molar-refractivity contribution in [2.24, 2.45) is 0 Å². The summed E-state index contributed by atoms with van der Waals surface area (Å²) in [6, 6.07) is 21.2. The van der Waals surface area contributed by atoms with Gasteiger partial charge in [0.25, 0.3) is 0 Å². The fourth-order valence-corrected chi connectivity index (χ4v) is 5.22. The average molecular weight is 552 g/mol. The number of nitrogens with one attached hydrogen (secondary N) is 1. The highest BCUT2D eigenvalue weighted by molar-refractivity contribution is 5.35. The van der Waals surface area contributed by atoms with Crippen molar-refractivity contribution in [2.45, 2.75) is 62.1 Å². The van der Waals surface area contributed by atoms with Crippen molar-refractivity contribution in [3.63, 3.8) is 0 Å². The van der Waals surface area contributed by atoms with Gasteiger partial charge in [0.05, 0.1) is 24.3 Å². The molecule has 0 unspecified atom stereocenters. The molecule has 3 aromatic rings. The van der Waals surface area contributed by atoms with Crippen LogP contribution >= 0.6 is 0 Å².